The maximum Gasteiger partial charge on any atom is 0.254 e. The Morgan fingerprint density at radius 1 is 1.34 bits per heavy atom. The van der Waals surface area contributed by atoms with Gasteiger partial charge in [-0.05, 0) is 71.7 Å². The molecule has 0 aliphatic carbocycles. The molecule has 2 aromatic rings. The fourth-order valence-electron chi connectivity index (χ4n) is 3.75. The number of aromatic nitrogens is 2. The number of unbranched alkanes of at least 4 members (excludes halogenated alkanes) is 1. The number of hydrogen-bond acceptors (Lipinski definition) is 6. The number of aryl methyl sites for hydroxylation is 2. The Morgan fingerprint density at radius 3 is 2.97 bits per heavy atom. The third kappa shape index (κ3) is 6.06. The summed E-state index contributed by atoms with van der Waals surface area (Å²) in [5.74, 6) is 1.46. The number of amides is 1. The largest absolute Gasteiger partial charge is 0.361 e. The number of carbonyl (C=O) groups is 1. The molecule has 0 unspecified atom stereocenters. The van der Waals surface area contributed by atoms with Crippen molar-refractivity contribution in [2.45, 2.75) is 69.7 Å². The van der Waals surface area contributed by atoms with Gasteiger partial charge in [0.1, 0.15) is 10.8 Å². The van der Waals surface area contributed by atoms with Gasteiger partial charge in [0.05, 0.1) is 11.3 Å². The van der Waals surface area contributed by atoms with E-state index in [1.54, 1.807) is 18.0 Å². The summed E-state index contributed by atoms with van der Waals surface area (Å²) in [6.45, 7) is 9.21. The first kappa shape index (κ1) is 21.8. The van der Waals surface area contributed by atoms with Crippen LogP contribution in [0.4, 0.5) is 0 Å². The van der Waals surface area contributed by atoms with Crippen LogP contribution in [-0.4, -0.2) is 46.6 Å². The second kappa shape index (κ2) is 10.8. The van der Waals surface area contributed by atoms with Gasteiger partial charge in [-0.2, -0.15) is 0 Å². The van der Waals surface area contributed by atoms with E-state index in [4.69, 9.17) is 4.52 Å². The molecule has 158 valence electrons. The number of rotatable bonds is 9. The van der Waals surface area contributed by atoms with Crippen molar-refractivity contribution in [1.29, 1.82) is 0 Å². The number of nitrogens with one attached hydrogen (secondary N) is 1. The lowest BCUT2D eigenvalue weighted by Crippen LogP contribution is -2.38. The van der Waals surface area contributed by atoms with Gasteiger partial charge in [0, 0.05) is 30.1 Å². The number of carbonyl (C=O) groups excluding carboxylic acids is 1. The Morgan fingerprint density at radius 2 is 2.21 bits per heavy atom. The lowest BCUT2D eigenvalue weighted by Gasteiger charge is -2.33. The fraction of sp³-hybridized carbons (Fsp3) is 0.591. The molecule has 7 heteroatoms. The van der Waals surface area contributed by atoms with E-state index in [1.807, 2.05) is 26.0 Å². The summed E-state index contributed by atoms with van der Waals surface area (Å²) in [7, 11) is 0. The lowest BCUT2D eigenvalue weighted by molar-refractivity contribution is 0.0948. The average Bonchev–Trinajstić information content (AvgIpc) is 3.05. The fourth-order valence-corrected chi connectivity index (χ4v) is 4.90. The number of likely N-dealkylation sites (tertiary alicyclic amines) is 1. The van der Waals surface area contributed by atoms with Crippen molar-refractivity contribution < 1.29 is 9.32 Å². The summed E-state index contributed by atoms with van der Waals surface area (Å²) in [6, 6.07) is 4.35. The molecule has 0 bridgehead atoms. The van der Waals surface area contributed by atoms with Crippen molar-refractivity contribution in [2.75, 3.05) is 19.6 Å². The van der Waals surface area contributed by atoms with Gasteiger partial charge in [-0.15, -0.1) is 11.8 Å². The van der Waals surface area contributed by atoms with Crippen LogP contribution in [0.15, 0.2) is 27.9 Å². The molecule has 1 amide bonds. The zero-order valence-corrected chi connectivity index (χ0v) is 18.6. The first-order valence-electron chi connectivity index (χ1n) is 10.6. The van der Waals surface area contributed by atoms with Crippen LogP contribution < -0.4 is 5.32 Å². The van der Waals surface area contributed by atoms with Gasteiger partial charge in [0.2, 0.25) is 0 Å². The highest BCUT2D eigenvalue weighted by atomic mass is 32.2. The molecule has 6 nitrogen and oxygen atoms in total. The Labute approximate surface area is 177 Å². The molecule has 29 heavy (non-hydrogen) atoms. The minimum atomic E-state index is -0.0503. The van der Waals surface area contributed by atoms with Crippen LogP contribution in [-0.2, 0) is 5.75 Å². The molecule has 0 radical (unpaired) electrons. The van der Waals surface area contributed by atoms with E-state index in [1.165, 1.54) is 25.8 Å². The van der Waals surface area contributed by atoms with Crippen molar-refractivity contribution in [3.63, 3.8) is 0 Å². The Hall–Kier alpha value is -1.86. The predicted molar refractivity (Wildman–Crippen MR) is 116 cm³/mol. The molecule has 1 saturated heterocycles. The molecule has 0 saturated carbocycles. The smallest absolute Gasteiger partial charge is 0.254 e. The van der Waals surface area contributed by atoms with E-state index in [2.05, 4.69) is 27.3 Å². The van der Waals surface area contributed by atoms with Crippen LogP contribution in [0, 0.1) is 13.8 Å². The van der Waals surface area contributed by atoms with Crippen molar-refractivity contribution in [3.8, 4) is 0 Å². The molecule has 1 aliphatic rings. The maximum absolute atomic E-state index is 12.7. The summed E-state index contributed by atoms with van der Waals surface area (Å²) in [5.41, 5.74) is 2.59. The first-order chi connectivity index (χ1) is 14.1. The highest BCUT2D eigenvalue weighted by molar-refractivity contribution is 7.98. The molecule has 1 N–H and O–H groups in total. The standard InChI is InChI=1S/C22H32N4O2S/c1-16-9-4-6-13-26(16)14-7-5-11-23-21(27)19-10-8-12-24-22(19)29-15-20-17(2)25-28-18(20)3/h8,10,12,16H,4-7,9,11,13-15H2,1-3H3,(H,23,27)/t16-/m1/s1. The Bertz CT molecular complexity index is 788. The topological polar surface area (TPSA) is 71.3 Å². The van der Waals surface area contributed by atoms with Gasteiger partial charge in [0.25, 0.3) is 5.91 Å². The number of hydrogen-bond donors (Lipinski definition) is 1. The van der Waals surface area contributed by atoms with Crippen molar-refractivity contribution in [1.82, 2.24) is 20.4 Å². The number of thioether (sulfide) groups is 1. The van der Waals surface area contributed by atoms with E-state index in [0.717, 1.165) is 41.4 Å². The van der Waals surface area contributed by atoms with Gasteiger partial charge >= 0.3 is 0 Å². The normalized spacial score (nSPS) is 17.4. The lowest BCUT2D eigenvalue weighted by atomic mass is 10.0. The van der Waals surface area contributed by atoms with E-state index in [-0.39, 0.29) is 5.91 Å². The van der Waals surface area contributed by atoms with Crippen LogP contribution in [0.5, 0.6) is 0 Å². The van der Waals surface area contributed by atoms with E-state index >= 15 is 0 Å². The second-order valence-corrected chi connectivity index (χ2v) is 8.76. The molecule has 3 heterocycles. The van der Waals surface area contributed by atoms with Crippen molar-refractivity contribution >= 4 is 17.7 Å². The van der Waals surface area contributed by atoms with Crippen LogP contribution in [0.2, 0.25) is 0 Å². The molecule has 3 rings (SSSR count). The number of pyridine rings is 1. The summed E-state index contributed by atoms with van der Waals surface area (Å²) in [5, 5.41) is 7.80. The van der Waals surface area contributed by atoms with Gasteiger partial charge < -0.3 is 14.7 Å². The zero-order valence-electron chi connectivity index (χ0n) is 17.7. The molecule has 0 aromatic carbocycles. The third-order valence-electron chi connectivity index (χ3n) is 5.65. The molecule has 0 spiro atoms. The van der Waals surface area contributed by atoms with Crippen LogP contribution in [0.25, 0.3) is 0 Å². The highest BCUT2D eigenvalue weighted by Gasteiger charge is 2.18. The van der Waals surface area contributed by atoms with Gasteiger partial charge in [0.15, 0.2) is 0 Å². The highest BCUT2D eigenvalue weighted by Crippen LogP contribution is 2.27. The quantitative estimate of drug-likeness (QED) is 0.484. The van der Waals surface area contributed by atoms with E-state index in [9.17, 15) is 4.79 Å². The van der Waals surface area contributed by atoms with Gasteiger partial charge in [-0.3, -0.25) is 4.79 Å². The average molecular weight is 417 g/mol. The van der Waals surface area contributed by atoms with Crippen LogP contribution >= 0.6 is 11.8 Å². The van der Waals surface area contributed by atoms with Gasteiger partial charge in [-0.1, -0.05) is 11.6 Å². The zero-order chi connectivity index (χ0) is 20.6. The molecule has 1 aliphatic heterocycles. The van der Waals surface area contributed by atoms with Crippen LogP contribution in [0.3, 0.4) is 0 Å². The molecular weight excluding hydrogens is 384 g/mol. The van der Waals surface area contributed by atoms with E-state index < -0.39 is 0 Å². The number of nitrogens with zero attached hydrogens (tertiary/aromatic N) is 3. The van der Waals surface area contributed by atoms with Gasteiger partial charge in [-0.25, -0.2) is 4.98 Å². The monoisotopic (exact) mass is 416 g/mol. The molecule has 1 fully saturated rings. The third-order valence-corrected chi connectivity index (χ3v) is 6.68. The minimum Gasteiger partial charge on any atom is -0.361 e. The summed E-state index contributed by atoms with van der Waals surface area (Å²) in [4.78, 5) is 19.7. The Balaban J connectivity index is 1.45. The van der Waals surface area contributed by atoms with E-state index in [0.29, 0.717) is 23.9 Å². The first-order valence-corrected chi connectivity index (χ1v) is 11.6. The molecule has 2 aromatic heterocycles. The predicted octanol–water partition coefficient (Wildman–Crippen LogP) is 4.36. The maximum atomic E-state index is 12.7. The second-order valence-electron chi connectivity index (χ2n) is 7.79. The minimum absolute atomic E-state index is 0.0503. The SMILES string of the molecule is Cc1noc(C)c1CSc1ncccc1C(=O)NCCCCN1CCCC[C@H]1C. The summed E-state index contributed by atoms with van der Waals surface area (Å²) >= 11 is 1.55. The molecule has 1 atom stereocenters. The summed E-state index contributed by atoms with van der Waals surface area (Å²) in [6.07, 6.45) is 7.83. The van der Waals surface area contributed by atoms with Crippen molar-refractivity contribution in [2.24, 2.45) is 0 Å². The van der Waals surface area contributed by atoms with Crippen LogP contribution in [0.1, 0.15) is 66.4 Å². The Kier molecular flexibility index (Phi) is 8.12. The van der Waals surface area contributed by atoms with Crippen molar-refractivity contribution in [3.05, 3.63) is 40.9 Å². The number of piperidine rings is 1. The summed E-state index contributed by atoms with van der Waals surface area (Å²) < 4.78 is 5.22. The molecular formula is C22H32N4O2S.